The van der Waals surface area contributed by atoms with Crippen molar-refractivity contribution in [2.45, 2.75) is 12.0 Å². The summed E-state index contributed by atoms with van der Waals surface area (Å²) in [6, 6.07) is 0. The number of aliphatic hydroxyl groups excluding tert-OH is 3. The maximum Gasteiger partial charge on any atom is 0.166 e. The standard InChI is InChI=1S/C10H23N3O3S/c1-13(2)5-3-4-11-9(17)12-10(6-14,7-15)8-16/h14-16H,3-8H2,1-2H3,(H2,11,12,17). The van der Waals surface area contributed by atoms with E-state index in [1.165, 1.54) is 0 Å². The zero-order chi connectivity index (χ0) is 13.3. The lowest BCUT2D eigenvalue weighted by Crippen LogP contribution is -2.59. The molecule has 0 saturated carbocycles. The van der Waals surface area contributed by atoms with Crippen molar-refractivity contribution < 1.29 is 15.3 Å². The van der Waals surface area contributed by atoms with Crippen LogP contribution in [-0.4, -0.2) is 77.9 Å². The summed E-state index contributed by atoms with van der Waals surface area (Å²) in [4.78, 5) is 2.07. The molecule has 0 amide bonds. The molecule has 0 aromatic carbocycles. The minimum absolute atomic E-state index is 0.320. The van der Waals surface area contributed by atoms with E-state index in [0.717, 1.165) is 13.0 Å². The van der Waals surface area contributed by atoms with Crippen LogP contribution < -0.4 is 10.6 Å². The highest BCUT2D eigenvalue weighted by Crippen LogP contribution is 2.00. The van der Waals surface area contributed by atoms with Crippen molar-refractivity contribution >= 4 is 17.3 Å². The topological polar surface area (TPSA) is 88.0 Å². The smallest absolute Gasteiger partial charge is 0.166 e. The number of thiocarbonyl (C=S) groups is 1. The molecule has 6 nitrogen and oxygen atoms in total. The third kappa shape index (κ3) is 6.75. The van der Waals surface area contributed by atoms with Crippen LogP contribution in [0.3, 0.4) is 0 Å². The van der Waals surface area contributed by atoms with Gasteiger partial charge in [0.15, 0.2) is 5.11 Å². The monoisotopic (exact) mass is 265 g/mol. The van der Waals surface area contributed by atoms with Gasteiger partial charge in [0.25, 0.3) is 0 Å². The Morgan fingerprint density at radius 2 is 1.71 bits per heavy atom. The highest BCUT2D eigenvalue weighted by Gasteiger charge is 2.28. The van der Waals surface area contributed by atoms with Gasteiger partial charge in [-0.3, -0.25) is 0 Å². The second-order valence-electron chi connectivity index (χ2n) is 4.29. The minimum Gasteiger partial charge on any atom is -0.394 e. The molecule has 5 N–H and O–H groups in total. The maximum atomic E-state index is 9.09. The molecule has 0 heterocycles. The summed E-state index contributed by atoms with van der Waals surface area (Å²) in [6.07, 6.45) is 0.930. The molecule has 0 spiro atoms. The number of nitrogens with one attached hydrogen (secondary N) is 2. The number of nitrogens with zero attached hydrogens (tertiary/aromatic N) is 1. The number of hydrogen-bond donors (Lipinski definition) is 5. The fourth-order valence-electron chi connectivity index (χ4n) is 1.15. The largest absolute Gasteiger partial charge is 0.394 e. The van der Waals surface area contributed by atoms with Gasteiger partial charge in [-0.05, 0) is 39.3 Å². The zero-order valence-electron chi connectivity index (χ0n) is 10.4. The molecular formula is C10H23N3O3S. The Kier molecular flexibility index (Phi) is 8.36. The molecule has 0 fully saturated rings. The third-order valence-corrected chi connectivity index (χ3v) is 2.60. The molecule has 102 valence electrons. The van der Waals surface area contributed by atoms with Crippen molar-refractivity contribution in [1.29, 1.82) is 0 Å². The van der Waals surface area contributed by atoms with Gasteiger partial charge < -0.3 is 30.9 Å². The summed E-state index contributed by atoms with van der Waals surface area (Å²) in [6.45, 7) is 0.474. The fourth-order valence-corrected chi connectivity index (χ4v) is 1.47. The Morgan fingerprint density at radius 3 is 2.12 bits per heavy atom. The highest BCUT2D eigenvalue weighted by atomic mass is 32.1. The highest BCUT2D eigenvalue weighted by molar-refractivity contribution is 7.80. The predicted molar refractivity (Wildman–Crippen MR) is 70.9 cm³/mol. The average molecular weight is 265 g/mol. The van der Waals surface area contributed by atoms with Gasteiger partial charge in [0.2, 0.25) is 0 Å². The first-order chi connectivity index (χ1) is 7.99. The van der Waals surface area contributed by atoms with Crippen LogP contribution in [0.4, 0.5) is 0 Å². The zero-order valence-corrected chi connectivity index (χ0v) is 11.3. The Hall–Kier alpha value is -0.470. The van der Waals surface area contributed by atoms with Crippen LogP contribution >= 0.6 is 12.2 Å². The van der Waals surface area contributed by atoms with Gasteiger partial charge in [0, 0.05) is 6.54 Å². The first kappa shape index (κ1) is 16.5. The van der Waals surface area contributed by atoms with Crippen LogP contribution in [0.25, 0.3) is 0 Å². The average Bonchev–Trinajstić information content (AvgIpc) is 2.32. The summed E-state index contributed by atoms with van der Waals surface area (Å²) in [5.41, 5.74) is -1.16. The van der Waals surface area contributed by atoms with E-state index in [1.807, 2.05) is 14.1 Å². The molecule has 0 aliphatic rings. The summed E-state index contributed by atoms with van der Waals surface area (Å²) in [7, 11) is 3.98. The van der Waals surface area contributed by atoms with E-state index >= 15 is 0 Å². The van der Waals surface area contributed by atoms with Crippen LogP contribution in [0.2, 0.25) is 0 Å². The van der Waals surface area contributed by atoms with E-state index in [4.69, 9.17) is 27.5 Å². The van der Waals surface area contributed by atoms with Crippen molar-refractivity contribution in [3.63, 3.8) is 0 Å². The molecule has 0 bridgehead atoms. The molecule has 0 aliphatic carbocycles. The molecule has 0 saturated heterocycles. The summed E-state index contributed by atoms with van der Waals surface area (Å²) < 4.78 is 0. The Balaban J connectivity index is 3.91. The third-order valence-electron chi connectivity index (χ3n) is 2.35. The molecular weight excluding hydrogens is 242 g/mol. The van der Waals surface area contributed by atoms with Crippen molar-refractivity contribution in [3.05, 3.63) is 0 Å². The fraction of sp³-hybridized carbons (Fsp3) is 0.900. The van der Waals surface area contributed by atoms with Gasteiger partial charge in [0.1, 0.15) is 5.54 Å². The van der Waals surface area contributed by atoms with E-state index in [2.05, 4.69) is 15.5 Å². The summed E-state index contributed by atoms with van der Waals surface area (Å²) in [5.74, 6) is 0. The maximum absolute atomic E-state index is 9.09. The van der Waals surface area contributed by atoms with E-state index in [-0.39, 0.29) is 19.8 Å². The number of hydrogen-bond acceptors (Lipinski definition) is 5. The second kappa shape index (κ2) is 8.60. The Labute approximate surface area is 108 Å². The molecule has 17 heavy (non-hydrogen) atoms. The number of rotatable bonds is 8. The SMILES string of the molecule is CN(C)CCCNC(=S)NC(CO)(CO)CO. The quantitative estimate of drug-likeness (QED) is 0.259. The van der Waals surface area contributed by atoms with Gasteiger partial charge in [-0.2, -0.15) is 0 Å². The van der Waals surface area contributed by atoms with Crippen LogP contribution in [0.1, 0.15) is 6.42 Å². The lowest BCUT2D eigenvalue weighted by molar-refractivity contribution is 0.0557. The lowest BCUT2D eigenvalue weighted by Gasteiger charge is -2.30. The van der Waals surface area contributed by atoms with Gasteiger partial charge >= 0.3 is 0 Å². The Morgan fingerprint density at radius 1 is 1.18 bits per heavy atom. The molecule has 0 atom stereocenters. The van der Waals surface area contributed by atoms with E-state index in [9.17, 15) is 0 Å². The molecule has 0 unspecified atom stereocenters. The predicted octanol–water partition coefficient (Wildman–Crippen LogP) is -1.88. The van der Waals surface area contributed by atoms with E-state index < -0.39 is 5.54 Å². The van der Waals surface area contributed by atoms with Crippen molar-refractivity contribution in [2.75, 3.05) is 47.0 Å². The van der Waals surface area contributed by atoms with Crippen molar-refractivity contribution in [1.82, 2.24) is 15.5 Å². The van der Waals surface area contributed by atoms with Gasteiger partial charge in [-0.1, -0.05) is 0 Å². The first-order valence-electron chi connectivity index (χ1n) is 5.53. The van der Waals surface area contributed by atoms with Crippen LogP contribution in [0.15, 0.2) is 0 Å². The van der Waals surface area contributed by atoms with E-state index in [1.54, 1.807) is 0 Å². The molecule has 0 aromatic rings. The lowest BCUT2D eigenvalue weighted by atomic mass is 10.0. The van der Waals surface area contributed by atoms with Crippen LogP contribution in [-0.2, 0) is 0 Å². The van der Waals surface area contributed by atoms with Crippen LogP contribution in [0, 0.1) is 0 Å². The molecule has 0 aliphatic heterocycles. The second-order valence-corrected chi connectivity index (χ2v) is 4.70. The van der Waals surface area contributed by atoms with Crippen molar-refractivity contribution in [2.24, 2.45) is 0 Å². The number of aliphatic hydroxyl groups is 3. The summed E-state index contributed by atoms with van der Waals surface area (Å²) in [5, 5.41) is 33.3. The van der Waals surface area contributed by atoms with Gasteiger partial charge in [0.05, 0.1) is 19.8 Å². The molecule has 0 rings (SSSR count). The Bertz CT molecular complexity index is 215. The molecule has 7 heteroatoms. The van der Waals surface area contributed by atoms with Gasteiger partial charge in [-0.25, -0.2) is 0 Å². The normalized spacial score (nSPS) is 11.6. The summed E-state index contributed by atoms with van der Waals surface area (Å²) >= 11 is 5.01. The first-order valence-corrected chi connectivity index (χ1v) is 5.94. The molecule has 0 radical (unpaired) electrons. The van der Waals surface area contributed by atoms with Crippen LogP contribution in [0.5, 0.6) is 0 Å². The van der Waals surface area contributed by atoms with Gasteiger partial charge in [-0.15, -0.1) is 0 Å². The van der Waals surface area contributed by atoms with E-state index in [0.29, 0.717) is 11.7 Å². The molecule has 0 aromatic heterocycles. The van der Waals surface area contributed by atoms with Crippen molar-refractivity contribution in [3.8, 4) is 0 Å². The minimum atomic E-state index is -1.16.